The van der Waals surface area contributed by atoms with E-state index in [0.717, 1.165) is 108 Å². The molecule has 0 aliphatic rings. The van der Waals surface area contributed by atoms with Crippen LogP contribution in [0.3, 0.4) is 0 Å². The number of rotatable bonds is 6. The van der Waals surface area contributed by atoms with Gasteiger partial charge in [0, 0.05) is 33.9 Å². The zero-order valence-electron chi connectivity index (χ0n) is 48.4. The molecule has 0 amide bonds. The third-order valence-electron chi connectivity index (χ3n) is 14.2. The molecule has 0 atom stereocenters. The van der Waals surface area contributed by atoms with Crippen molar-refractivity contribution < 1.29 is 40.6 Å². The minimum absolute atomic E-state index is 0.0210. The van der Waals surface area contributed by atoms with Crippen molar-refractivity contribution in [2.45, 2.75) is 83.1 Å². The molecule has 446 valence electrons. The van der Waals surface area contributed by atoms with Crippen LogP contribution in [0.25, 0.3) is 83.2 Å². The summed E-state index contributed by atoms with van der Waals surface area (Å²) in [5.74, 6) is -11.0. The van der Waals surface area contributed by atoms with Gasteiger partial charge in [0.1, 0.15) is 41.7 Å². The number of nitro benzene ring substituents is 2. The number of nitrogens with zero attached hydrogens (tertiary/aromatic N) is 6. The average molecular weight is 1300 g/mol. The van der Waals surface area contributed by atoms with E-state index in [1.807, 2.05) is 53.7 Å². The Labute approximate surface area is 519 Å². The van der Waals surface area contributed by atoms with E-state index in [-0.39, 0.29) is 26.4 Å². The average Bonchev–Trinajstić information content (AvgIpc) is 2.07. The van der Waals surface area contributed by atoms with Crippen molar-refractivity contribution in [3.05, 3.63) is 217 Å². The van der Waals surface area contributed by atoms with Crippen LogP contribution in [0.5, 0.6) is 0 Å². The smallest absolute Gasteiger partial charge is 0.258 e. The number of hydrogen-bond acceptors (Lipinski definition) is 12. The fourth-order valence-electron chi connectivity index (χ4n) is 9.86. The van der Waals surface area contributed by atoms with E-state index in [4.69, 9.17) is 28.2 Å². The van der Waals surface area contributed by atoms with Gasteiger partial charge in [-0.15, -0.1) is 45.3 Å². The van der Waals surface area contributed by atoms with Crippen LogP contribution in [0.2, 0.25) is 10.0 Å². The molecule has 0 bridgehead atoms. The molecule has 0 unspecified atom stereocenters. The molecule has 0 radical (unpaired) electrons. The molecule has 87 heavy (non-hydrogen) atoms. The molecule has 0 aliphatic carbocycles. The lowest BCUT2D eigenvalue weighted by Gasteiger charge is -2.05. The molecule has 0 saturated heterocycles. The van der Waals surface area contributed by atoms with Crippen molar-refractivity contribution in [2.75, 3.05) is 0 Å². The van der Waals surface area contributed by atoms with Crippen LogP contribution in [0.15, 0.2) is 78.9 Å². The first kappa shape index (κ1) is 63.7. The maximum Gasteiger partial charge on any atom is 0.293 e. The number of aromatic nitrogens is 4. The summed E-state index contributed by atoms with van der Waals surface area (Å²) in [5.41, 5.74) is 15.2. The van der Waals surface area contributed by atoms with E-state index >= 15 is 0 Å². The first-order valence-electron chi connectivity index (χ1n) is 26.3. The fraction of sp³-hybridized carbons (Fsp3) is 0.188. The lowest BCUT2D eigenvalue weighted by Crippen LogP contribution is -2.03. The van der Waals surface area contributed by atoms with Crippen molar-refractivity contribution in [1.29, 1.82) is 0 Å². The molecule has 4 aromatic heterocycles. The van der Waals surface area contributed by atoms with Crippen molar-refractivity contribution in [1.82, 2.24) is 19.9 Å². The molecule has 0 fully saturated rings. The molecule has 0 saturated carbocycles. The van der Waals surface area contributed by atoms with Gasteiger partial charge in [0.25, 0.3) is 11.4 Å². The summed E-state index contributed by atoms with van der Waals surface area (Å²) in [6, 6.07) is 23.6. The highest BCUT2D eigenvalue weighted by Crippen LogP contribution is 2.45. The van der Waals surface area contributed by atoms with Crippen LogP contribution in [0, 0.1) is 144 Å². The normalized spacial score (nSPS) is 11.2. The van der Waals surface area contributed by atoms with Crippen LogP contribution >= 0.6 is 68.5 Å². The van der Waals surface area contributed by atoms with E-state index in [1.165, 1.54) is 46.1 Å². The number of aryl methyl sites for hydroxylation is 12. The number of benzene rings is 8. The Bertz CT molecular complexity index is 4510. The third-order valence-corrected chi connectivity index (χ3v) is 20.0. The van der Waals surface area contributed by atoms with E-state index in [9.17, 15) is 51.0 Å². The van der Waals surface area contributed by atoms with Crippen molar-refractivity contribution >= 4 is 121 Å². The quantitative estimate of drug-likeness (QED) is 0.0527. The van der Waals surface area contributed by atoms with Crippen LogP contribution in [0.1, 0.15) is 66.8 Å². The summed E-state index contributed by atoms with van der Waals surface area (Å²) in [4.78, 5) is 39.7. The molecule has 0 spiro atoms. The second-order valence-electron chi connectivity index (χ2n) is 20.9. The van der Waals surface area contributed by atoms with Gasteiger partial charge in [-0.3, -0.25) is 20.2 Å². The SMILES string of the molecule is Cc1cc(C)cc(-c2nc3c(C)c(Cl)c([N+](=O)[O-])c(C)c3s2)c1.Cc1cc(C)cc(-c2nc3c(C)c([N+](=O)[O-])c(Cl)c(C)c3s2)c1.Cc1ccc(C)c2sc(-c3c(F)c(F)c(F)c(F)c3F)nc12.Cc1ccc(C)c2sc(-c3cc(F)cc(F)c3)nc12. The summed E-state index contributed by atoms with van der Waals surface area (Å²) < 4.78 is 97.5. The molecule has 12 rings (SSSR count). The number of halogens is 9. The van der Waals surface area contributed by atoms with Gasteiger partial charge < -0.3 is 0 Å². The Kier molecular flexibility index (Phi) is 18.4. The third kappa shape index (κ3) is 12.6. The summed E-state index contributed by atoms with van der Waals surface area (Å²) >= 11 is 17.8. The van der Waals surface area contributed by atoms with Gasteiger partial charge in [-0.25, -0.2) is 50.7 Å². The van der Waals surface area contributed by atoms with Crippen LogP contribution in [-0.2, 0) is 0 Å². The van der Waals surface area contributed by atoms with Crippen molar-refractivity contribution in [2.24, 2.45) is 0 Å². The predicted molar refractivity (Wildman–Crippen MR) is 340 cm³/mol. The van der Waals surface area contributed by atoms with Gasteiger partial charge in [0.2, 0.25) is 5.82 Å². The highest BCUT2D eigenvalue weighted by Gasteiger charge is 2.30. The van der Waals surface area contributed by atoms with Gasteiger partial charge in [0.15, 0.2) is 23.3 Å². The number of hydrogen-bond donors (Lipinski definition) is 0. The monoisotopic (exact) mass is 1300 g/mol. The summed E-state index contributed by atoms with van der Waals surface area (Å²) in [6.45, 7) is 22.7. The van der Waals surface area contributed by atoms with E-state index in [2.05, 4.69) is 51.4 Å². The lowest BCUT2D eigenvalue weighted by atomic mass is 10.1. The van der Waals surface area contributed by atoms with Gasteiger partial charge in [-0.05, 0) is 147 Å². The molecule has 10 nitrogen and oxygen atoms in total. The highest BCUT2D eigenvalue weighted by atomic mass is 35.5. The van der Waals surface area contributed by atoms with Gasteiger partial charge in [-0.1, -0.05) is 81.9 Å². The second-order valence-corrected chi connectivity index (χ2v) is 25.6. The first-order chi connectivity index (χ1) is 40.9. The zero-order chi connectivity index (χ0) is 63.5. The fourth-order valence-corrected chi connectivity index (χ4v) is 15.0. The van der Waals surface area contributed by atoms with E-state index < -0.39 is 56.1 Å². The van der Waals surface area contributed by atoms with Gasteiger partial charge in [0.05, 0.1) is 61.8 Å². The summed E-state index contributed by atoms with van der Waals surface area (Å²) in [7, 11) is 0. The highest BCUT2D eigenvalue weighted by molar-refractivity contribution is 7.23. The zero-order valence-corrected chi connectivity index (χ0v) is 53.1. The van der Waals surface area contributed by atoms with Gasteiger partial charge in [-0.2, -0.15) is 0 Å². The van der Waals surface area contributed by atoms with E-state index in [1.54, 1.807) is 53.7 Å². The summed E-state index contributed by atoms with van der Waals surface area (Å²) in [5, 5.41) is 25.1. The Hall–Kier alpha value is -7.79. The second kappa shape index (κ2) is 25.1. The topological polar surface area (TPSA) is 138 Å². The molecular weight excluding hydrogens is 1250 g/mol. The minimum atomic E-state index is -2.17. The van der Waals surface area contributed by atoms with Crippen LogP contribution < -0.4 is 0 Å². The Morgan fingerprint density at radius 1 is 0.368 bits per heavy atom. The Balaban J connectivity index is 0.000000139. The number of fused-ring (bicyclic) bond motifs is 4. The molecule has 0 aliphatic heterocycles. The maximum atomic E-state index is 13.9. The van der Waals surface area contributed by atoms with Crippen molar-refractivity contribution in [3.63, 3.8) is 0 Å². The molecule has 23 heteroatoms. The number of nitro groups is 2. The van der Waals surface area contributed by atoms with E-state index in [0.29, 0.717) is 48.6 Å². The minimum Gasteiger partial charge on any atom is -0.258 e. The molecule has 4 heterocycles. The first-order valence-corrected chi connectivity index (χ1v) is 30.3. The maximum absolute atomic E-state index is 13.9. The van der Waals surface area contributed by atoms with Crippen molar-refractivity contribution in [3.8, 4) is 42.3 Å². The molecular formula is C64H49Cl2F7N6O4S4. The van der Waals surface area contributed by atoms with Gasteiger partial charge >= 0.3 is 0 Å². The summed E-state index contributed by atoms with van der Waals surface area (Å²) in [6.07, 6.45) is 0. The Morgan fingerprint density at radius 2 is 0.690 bits per heavy atom. The molecule has 12 aromatic rings. The molecule has 8 aromatic carbocycles. The van der Waals surface area contributed by atoms with Crippen LogP contribution in [0.4, 0.5) is 42.1 Å². The lowest BCUT2D eigenvalue weighted by molar-refractivity contribution is -0.385. The largest absolute Gasteiger partial charge is 0.293 e. The Morgan fingerprint density at radius 3 is 1.11 bits per heavy atom. The standard InChI is InChI=1S/2C17H15ClN2O2S.C15H8F5NS.C15H11F2NS/c1-8-5-9(2)7-12(6-8)17-19-14-11(4)15(20(21)22)13(18)10(3)16(14)23-17;1-8-5-9(2)7-12(6-8)17-19-14-10(3)13(18)15(20(21)22)11(4)16(14)23-17;1-5-3-4-6(2)14-13(5)21-15(22-14)7-8(16)10(18)12(20)11(19)9(7)17;1-8-3-4-9(2)14-13(8)18-15(19-14)10-5-11(16)7-12(17)6-10/h2*5-7H,1-4H3;3-4H,1-2H3;3-7H,1-2H3. The predicted octanol–water partition coefficient (Wildman–Crippen LogP) is 21.7. The number of thiazole rings is 4. The van der Waals surface area contributed by atoms with Crippen LogP contribution in [-0.4, -0.2) is 29.8 Å². The molecule has 0 N–H and O–H groups in total.